The molecular formula is C9H13NO3. The van der Waals surface area contributed by atoms with E-state index >= 15 is 0 Å². The first kappa shape index (κ1) is 9.89. The zero-order chi connectivity index (χ0) is 10.0. The lowest BCUT2D eigenvalue weighted by atomic mass is 10.1. The maximum absolute atomic E-state index is 11.3. The van der Waals surface area contributed by atoms with E-state index in [-0.39, 0.29) is 36.5 Å². The summed E-state index contributed by atoms with van der Waals surface area (Å²) in [5, 5.41) is 0. The molecule has 4 heteroatoms. The zero-order valence-electron chi connectivity index (χ0n) is 7.87. The normalized spacial score (nSPS) is 20.8. The minimum atomic E-state index is -0.351. The topological polar surface area (TPSA) is 54.5 Å². The number of hydrogen-bond donors (Lipinski definition) is 0. The van der Waals surface area contributed by atoms with Gasteiger partial charge in [0.05, 0.1) is 12.8 Å². The van der Waals surface area contributed by atoms with Crippen LogP contribution >= 0.6 is 0 Å². The maximum atomic E-state index is 11.3. The van der Waals surface area contributed by atoms with Crippen LogP contribution in [0.4, 0.5) is 0 Å². The van der Waals surface area contributed by atoms with Gasteiger partial charge in [0.2, 0.25) is 11.8 Å². The Balaban J connectivity index is 2.78. The molecule has 4 nitrogen and oxygen atoms in total. The molecular weight excluding hydrogens is 170 g/mol. The number of carbonyl (C=O) groups is 3. The van der Waals surface area contributed by atoms with Gasteiger partial charge in [-0.3, -0.25) is 19.3 Å². The van der Waals surface area contributed by atoms with Gasteiger partial charge in [-0.05, 0) is 13.3 Å². The Morgan fingerprint density at radius 3 is 2.08 bits per heavy atom. The van der Waals surface area contributed by atoms with E-state index in [2.05, 4.69) is 0 Å². The third-order valence-electron chi connectivity index (χ3n) is 2.27. The molecule has 0 radical (unpaired) electrons. The highest BCUT2D eigenvalue weighted by molar-refractivity contribution is 6.16. The molecule has 0 aromatic carbocycles. The number of likely N-dealkylation sites (tertiary alicyclic amines) is 1. The molecule has 1 fully saturated rings. The fourth-order valence-corrected chi connectivity index (χ4v) is 1.38. The van der Waals surface area contributed by atoms with E-state index in [0.717, 1.165) is 6.42 Å². The molecule has 1 heterocycles. The van der Waals surface area contributed by atoms with Crippen LogP contribution in [0, 0.1) is 0 Å². The van der Waals surface area contributed by atoms with Crippen molar-refractivity contribution in [2.45, 2.75) is 39.2 Å². The molecule has 72 valence electrons. The van der Waals surface area contributed by atoms with Crippen molar-refractivity contribution in [1.82, 2.24) is 4.90 Å². The van der Waals surface area contributed by atoms with Gasteiger partial charge >= 0.3 is 0 Å². The van der Waals surface area contributed by atoms with Crippen molar-refractivity contribution < 1.29 is 14.4 Å². The third kappa shape index (κ3) is 1.94. The van der Waals surface area contributed by atoms with Crippen molar-refractivity contribution in [2.24, 2.45) is 0 Å². The largest absolute Gasteiger partial charge is 0.299 e. The van der Waals surface area contributed by atoms with Crippen LogP contribution in [0.15, 0.2) is 0 Å². The molecule has 1 aliphatic heterocycles. The van der Waals surface area contributed by atoms with Crippen LogP contribution < -0.4 is 0 Å². The van der Waals surface area contributed by atoms with Crippen molar-refractivity contribution >= 4 is 17.6 Å². The first-order valence-corrected chi connectivity index (χ1v) is 4.42. The number of amides is 2. The van der Waals surface area contributed by atoms with Crippen molar-refractivity contribution in [2.75, 3.05) is 0 Å². The summed E-state index contributed by atoms with van der Waals surface area (Å²) in [5.74, 6) is -0.972. The first-order valence-electron chi connectivity index (χ1n) is 4.42. The zero-order valence-corrected chi connectivity index (χ0v) is 7.87. The standard InChI is InChI=1S/C9H13NO3/c1-3-6(2)10-8(12)4-7(11)5-9(10)13/h6H,3-5H2,1-2H3/t6-/m1/s1. The second-order valence-corrected chi connectivity index (χ2v) is 3.31. The van der Waals surface area contributed by atoms with Gasteiger partial charge in [0, 0.05) is 6.04 Å². The predicted molar refractivity (Wildman–Crippen MR) is 45.8 cm³/mol. The van der Waals surface area contributed by atoms with E-state index < -0.39 is 0 Å². The summed E-state index contributed by atoms with van der Waals surface area (Å²) in [6.07, 6.45) is 0.498. The fourth-order valence-electron chi connectivity index (χ4n) is 1.38. The lowest BCUT2D eigenvalue weighted by molar-refractivity contribution is -0.153. The monoisotopic (exact) mass is 183 g/mol. The third-order valence-corrected chi connectivity index (χ3v) is 2.27. The van der Waals surface area contributed by atoms with Crippen molar-refractivity contribution in [3.8, 4) is 0 Å². The molecule has 0 spiro atoms. The number of Topliss-reactive ketones (excluding diaryl/α,β-unsaturated/α-hetero) is 1. The molecule has 0 bridgehead atoms. The van der Waals surface area contributed by atoms with Gasteiger partial charge in [0.1, 0.15) is 0 Å². The van der Waals surface area contributed by atoms with Crippen LogP contribution in [0.25, 0.3) is 0 Å². The van der Waals surface area contributed by atoms with Crippen LogP contribution in [-0.2, 0) is 14.4 Å². The van der Waals surface area contributed by atoms with Crippen molar-refractivity contribution in [3.05, 3.63) is 0 Å². The molecule has 0 aliphatic carbocycles. The minimum Gasteiger partial charge on any atom is -0.299 e. The smallest absolute Gasteiger partial charge is 0.236 e. The van der Waals surface area contributed by atoms with E-state index in [9.17, 15) is 14.4 Å². The van der Waals surface area contributed by atoms with E-state index in [1.807, 2.05) is 13.8 Å². The van der Waals surface area contributed by atoms with Gasteiger partial charge in [-0.25, -0.2) is 0 Å². The Kier molecular flexibility index (Phi) is 2.80. The van der Waals surface area contributed by atoms with Crippen LogP contribution in [0.1, 0.15) is 33.1 Å². The first-order chi connectivity index (χ1) is 6.06. The van der Waals surface area contributed by atoms with Crippen LogP contribution in [0.5, 0.6) is 0 Å². The van der Waals surface area contributed by atoms with Gasteiger partial charge in [0.15, 0.2) is 5.78 Å². The molecule has 0 N–H and O–H groups in total. The molecule has 2 amide bonds. The summed E-state index contributed by atoms with van der Waals surface area (Å²) in [6.45, 7) is 3.72. The Labute approximate surface area is 76.9 Å². The molecule has 1 rings (SSSR count). The lowest BCUT2D eigenvalue weighted by Crippen LogP contribution is -2.48. The number of carbonyl (C=O) groups excluding carboxylic acids is 3. The number of imide groups is 1. The summed E-state index contributed by atoms with van der Waals surface area (Å²) in [6, 6.07) is -0.0897. The van der Waals surface area contributed by atoms with Gasteiger partial charge in [-0.2, -0.15) is 0 Å². The van der Waals surface area contributed by atoms with Crippen LogP contribution in [0.3, 0.4) is 0 Å². The summed E-state index contributed by atoms with van der Waals surface area (Å²) in [7, 11) is 0. The fraction of sp³-hybridized carbons (Fsp3) is 0.667. The molecule has 1 atom stereocenters. The summed E-state index contributed by atoms with van der Waals surface area (Å²) in [5.41, 5.74) is 0. The predicted octanol–water partition coefficient (Wildman–Crippen LogP) is 0.503. The summed E-state index contributed by atoms with van der Waals surface area (Å²) >= 11 is 0. The lowest BCUT2D eigenvalue weighted by Gasteiger charge is -2.29. The second kappa shape index (κ2) is 3.68. The number of hydrogen-bond acceptors (Lipinski definition) is 3. The minimum absolute atomic E-state index is 0.0897. The Bertz CT molecular complexity index is 240. The Morgan fingerprint density at radius 1 is 1.23 bits per heavy atom. The van der Waals surface area contributed by atoms with Crippen LogP contribution in [0.2, 0.25) is 0 Å². The second-order valence-electron chi connectivity index (χ2n) is 3.31. The number of piperidine rings is 1. The van der Waals surface area contributed by atoms with E-state index in [0.29, 0.717) is 0 Å². The highest BCUT2D eigenvalue weighted by Crippen LogP contribution is 2.14. The van der Waals surface area contributed by atoms with Crippen molar-refractivity contribution in [1.29, 1.82) is 0 Å². The molecule has 0 saturated carbocycles. The molecule has 0 aromatic rings. The highest BCUT2D eigenvalue weighted by atomic mass is 16.2. The number of rotatable bonds is 2. The SMILES string of the molecule is CC[C@@H](C)N1C(=O)CC(=O)CC1=O. The molecule has 0 unspecified atom stereocenters. The van der Waals surface area contributed by atoms with E-state index in [1.165, 1.54) is 4.90 Å². The molecule has 1 saturated heterocycles. The molecule has 0 aromatic heterocycles. The quantitative estimate of drug-likeness (QED) is 0.463. The van der Waals surface area contributed by atoms with Gasteiger partial charge < -0.3 is 0 Å². The van der Waals surface area contributed by atoms with Gasteiger partial charge in [-0.1, -0.05) is 6.92 Å². The molecule has 1 aliphatic rings. The number of ketones is 1. The van der Waals surface area contributed by atoms with E-state index in [1.54, 1.807) is 0 Å². The summed E-state index contributed by atoms with van der Waals surface area (Å²) in [4.78, 5) is 34.7. The molecule has 13 heavy (non-hydrogen) atoms. The van der Waals surface area contributed by atoms with Gasteiger partial charge in [0.25, 0.3) is 0 Å². The summed E-state index contributed by atoms with van der Waals surface area (Å²) < 4.78 is 0. The highest BCUT2D eigenvalue weighted by Gasteiger charge is 2.33. The van der Waals surface area contributed by atoms with Crippen LogP contribution in [-0.4, -0.2) is 28.5 Å². The Hall–Kier alpha value is -1.19. The average Bonchev–Trinajstić information content (AvgIpc) is 2.02. The number of nitrogens with zero attached hydrogens (tertiary/aromatic N) is 1. The average molecular weight is 183 g/mol. The van der Waals surface area contributed by atoms with E-state index in [4.69, 9.17) is 0 Å². The Morgan fingerprint density at radius 2 is 1.69 bits per heavy atom. The maximum Gasteiger partial charge on any atom is 0.236 e. The van der Waals surface area contributed by atoms with Crippen molar-refractivity contribution in [3.63, 3.8) is 0 Å². The van der Waals surface area contributed by atoms with Gasteiger partial charge in [-0.15, -0.1) is 0 Å².